The fourth-order valence-corrected chi connectivity index (χ4v) is 3.14. The fraction of sp³-hybridized carbons (Fsp3) is 0.273. The van der Waals surface area contributed by atoms with Gasteiger partial charge in [0.15, 0.2) is 0 Å². The highest BCUT2D eigenvalue weighted by molar-refractivity contribution is 5.58. The number of benzene rings is 2. The Morgan fingerprint density at radius 3 is 2.40 bits per heavy atom. The van der Waals surface area contributed by atoms with Gasteiger partial charge in [-0.15, -0.1) is 0 Å². The molecule has 25 heavy (non-hydrogen) atoms. The van der Waals surface area contributed by atoms with Crippen LogP contribution in [0.5, 0.6) is 0 Å². The van der Waals surface area contributed by atoms with Crippen molar-refractivity contribution in [2.45, 2.75) is 38.7 Å². The Kier molecular flexibility index (Phi) is 5.91. The lowest BCUT2D eigenvalue weighted by molar-refractivity contribution is 0.282. The van der Waals surface area contributed by atoms with Gasteiger partial charge in [0, 0.05) is 11.8 Å². The highest BCUT2D eigenvalue weighted by Gasteiger charge is 2.13. The van der Waals surface area contributed by atoms with Crippen molar-refractivity contribution >= 4 is 0 Å². The van der Waals surface area contributed by atoms with Crippen LogP contribution in [0.1, 0.15) is 42.5 Å². The van der Waals surface area contributed by atoms with Gasteiger partial charge >= 0.3 is 0 Å². The van der Waals surface area contributed by atoms with E-state index in [1.165, 1.54) is 5.56 Å². The summed E-state index contributed by atoms with van der Waals surface area (Å²) in [7, 11) is 0. The Labute approximate surface area is 149 Å². The van der Waals surface area contributed by atoms with Crippen LogP contribution in [0, 0.1) is 0 Å². The van der Waals surface area contributed by atoms with E-state index in [1.807, 2.05) is 30.5 Å². The largest absolute Gasteiger partial charge is 0.392 e. The first-order chi connectivity index (χ1) is 12.3. The number of aliphatic hydroxyl groups excluding tert-OH is 1. The van der Waals surface area contributed by atoms with E-state index >= 15 is 0 Å². The van der Waals surface area contributed by atoms with E-state index in [-0.39, 0.29) is 6.61 Å². The summed E-state index contributed by atoms with van der Waals surface area (Å²) in [4.78, 5) is 9.22. The maximum absolute atomic E-state index is 9.17. The Bertz CT molecular complexity index is 785. The first kappa shape index (κ1) is 17.3. The maximum atomic E-state index is 9.17. The van der Waals surface area contributed by atoms with E-state index in [4.69, 9.17) is 4.98 Å². The second-order valence-corrected chi connectivity index (χ2v) is 6.35. The maximum Gasteiger partial charge on any atom is 0.0888 e. The second kappa shape index (κ2) is 8.54. The minimum absolute atomic E-state index is 0.0573. The van der Waals surface area contributed by atoms with Gasteiger partial charge < -0.3 is 5.11 Å². The third kappa shape index (κ3) is 4.52. The number of aromatic nitrogens is 2. The van der Waals surface area contributed by atoms with Gasteiger partial charge in [-0.05, 0) is 29.9 Å². The average molecular weight is 332 g/mol. The van der Waals surface area contributed by atoms with Crippen LogP contribution < -0.4 is 0 Å². The molecule has 3 rings (SSSR count). The molecule has 2 aromatic carbocycles. The minimum Gasteiger partial charge on any atom is -0.392 e. The third-order valence-corrected chi connectivity index (χ3v) is 4.48. The zero-order valence-electron chi connectivity index (χ0n) is 14.6. The number of rotatable bonds is 7. The van der Waals surface area contributed by atoms with Crippen LogP contribution in [0.3, 0.4) is 0 Å². The molecule has 0 amide bonds. The summed E-state index contributed by atoms with van der Waals surface area (Å²) >= 11 is 0. The summed E-state index contributed by atoms with van der Waals surface area (Å²) in [6, 6.07) is 18.5. The van der Waals surface area contributed by atoms with Gasteiger partial charge in [-0.3, -0.25) is 4.98 Å². The SMILES string of the molecule is CCCC(Cc1cncc(-c2ccc(CO)cc2)n1)c1ccccc1. The van der Waals surface area contributed by atoms with Crippen LogP contribution in [-0.2, 0) is 13.0 Å². The molecule has 0 aliphatic heterocycles. The lowest BCUT2D eigenvalue weighted by atomic mass is 9.90. The molecule has 0 bridgehead atoms. The molecule has 1 unspecified atom stereocenters. The van der Waals surface area contributed by atoms with E-state index in [1.54, 1.807) is 6.20 Å². The smallest absolute Gasteiger partial charge is 0.0888 e. The molecule has 1 aromatic heterocycles. The molecule has 0 radical (unpaired) electrons. The van der Waals surface area contributed by atoms with E-state index in [2.05, 4.69) is 42.2 Å². The molecule has 0 aliphatic carbocycles. The molecule has 3 nitrogen and oxygen atoms in total. The van der Waals surface area contributed by atoms with Crippen LogP contribution in [0.15, 0.2) is 67.0 Å². The monoisotopic (exact) mass is 332 g/mol. The van der Waals surface area contributed by atoms with Crippen molar-refractivity contribution in [2.75, 3.05) is 0 Å². The Balaban J connectivity index is 1.82. The van der Waals surface area contributed by atoms with Crippen molar-refractivity contribution in [3.05, 3.63) is 83.8 Å². The highest BCUT2D eigenvalue weighted by Crippen LogP contribution is 2.26. The van der Waals surface area contributed by atoms with Gasteiger partial charge in [0.25, 0.3) is 0 Å². The van der Waals surface area contributed by atoms with Crippen molar-refractivity contribution in [2.24, 2.45) is 0 Å². The lowest BCUT2D eigenvalue weighted by Gasteiger charge is -2.16. The summed E-state index contributed by atoms with van der Waals surface area (Å²) in [5, 5.41) is 9.17. The number of hydrogen-bond donors (Lipinski definition) is 1. The fourth-order valence-electron chi connectivity index (χ4n) is 3.14. The molecule has 0 fully saturated rings. The molecule has 0 spiro atoms. The van der Waals surface area contributed by atoms with Crippen molar-refractivity contribution < 1.29 is 5.11 Å². The molecule has 1 N–H and O–H groups in total. The topological polar surface area (TPSA) is 46.0 Å². The molecular formula is C22H24N2O. The number of aliphatic hydroxyl groups is 1. The third-order valence-electron chi connectivity index (χ3n) is 4.48. The van der Waals surface area contributed by atoms with E-state index in [0.29, 0.717) is 5.92 Å². The Morgan fingerprint density at radius 1 is 0.960 bits per heavy atom. The van der Waals surface area contributed by atoms with Crippen molar-refractivity contribution in [1.82, 2.24) is 9.97 Å². The standard InChI is InChI=1S/C22H24N2O/c1-2-6-20(18-7-4-3-5-8-18)13-21-14-23-15-22(24-21)19-11-9-17(16-25)10-12-19/h3-5,7-12,14-15,20,25H,2,6,13,16H2,1H3. The normalized spacial score (nSPS) is 12.1. The Morgan fingerprint density at radius 2 is 1.72 bits per heavy atom. The van der Waals surface area contributed by atoms with Gasteiger partial charge in [0.1, 0.15) is 0 Å². The molecule has 1 atom stereocenters. The molecule has 128 valence electrons. The minimum atomic E-state index is 0.0573. The van der Waals surface area contributed by atoms with Gasteiger partial charge in [-0.1, -0.05) is 67.9 Å². The first-order valence-corrected chi connectivity index (χ1v) is 8.86. The number of nitrogens with zero attached hydrogens (tertiary/aromatic N) is 2. The summed E-state index contributed by atoms with van der Waals surface area (Å²) in [5.41, 5.74) is 5.19. The quantitative estimate of drug-likeness (QED) is 0.678. The number of hydrogen-bond acceptors (Lipinski definition) is 3. The first-order valence-electron chi connectivity index (χ1n) is 8.86. The van der Waals surface area contributed by atoms with Gasteiger partial charge in [0.2, 0.25) is 0 Å². The zero-order valence-corrected chi connectivity index (χ0v) is 14.6. The molecule has 1 heterocycles. The summed E-state index contributed by atoms with van der Waals surface area (Å²) in [6.07, 6.45) is 6.86. The van der Waals surface area contributed by atoms with Crippen LogP contribution in [0.25, 0.3) is 11.3 Å². The molecular weight excluding hydrogens is 308 g/mol. The highest BCUT2D eigenvalue weighted by atomic mass is 16.3. The Hall–Kier alpha value is -2.52. The summed E-state index contributed by atoms with van der Waals surface area (Å²) in [6.45, 7) is 2.28. The molecule has 0 saturated carbocycles. The van der Waals surface area contributed by atoms with Gasteiger partial charge in [0.05, 0.1) is 24.2 Å². The second-order valence-electron chi connectivity index (χ2n) is 6.35. The average Bonchev–Trinajstić information content (AvgIpc) is 2.69. The van der Waals surface area contributed by atoms with Crippen LogP contribution in [0.4, 0.5) is 0 Å². The molecule has 0 saturated heterocycles. The van der Waals surface area contributed by atoms with Crippen LogP contribution in [0.2, 0.25) is 0 Å². The summed E-state index contributed by atoms with van der Waals surface area (Å²) in [5.74, 6) is 0.465. The molecule has 3 heteroatoms. The van der Waals surface area contributed by atoms with Crippen molar-refractivity contribution in [1.29, 1.82) is 0 Å². The van der Waals surface area contributed by atoms with E-state index in [0.717, 1.165) is 41.8 Å². The zero-order chi connectivity index (χ0) is 17.5. The van der Waals surface area contributed by atoms with Crippen LogP contribution in [-0.4, -0.2) is 15.1 Å². The predicted octanol–water partition coefficient (Wildman–Crippen LogP) is 4.76. The van der Waals surface area contributed by atoms with Crippen molar-refractivity contribution in [3.63, 3.8) is 0 Å². The van der Waals surface area contributed by atoms with Gasteiger partial charge in [-0.25, -0.2) is 4.98 Å². The van der Waals surface area contributed by atoms with E-state index in [9.17, 15) is 5.11 Å². The molecule has 0 aliphatic rings. The summed E-state index contributed by atoms with van der Waals surface area (Å²) < 4.78 is 0. The van der Waals surface area contributed by atoms with Gasteiger partial charge in [-0.2, -0.15) is 0 Å². The van der Waals surface area contributed by atoms with Crippen molar-refractivity contribution in [3.8, 4) is 11.3 Å². The molecule has 3 aromatic rings. The van der Waals surface area contributed by atoms with E-state index < -0.39 is 0 Å². The van der Waals surface area contributed by atoms with Crippen LogP contribution >= 0.6 is 0 Å². The lowest BCUT2D eigenvalue weighted by Crippen LogP contribution is -2.05. The predicted molar refractivity (Wildman–Crippen MR) is 101 cm³/mol.